The lowest BCUT2D eigenvalue weighted by Gasteiger charge is -2.34. The first-order valence-corrected chi connectivity index (χ1v) is 9.02. The molecular weight excluding hydrogens is 310 g/mol. The average molecular weight is 334 g/mol. The highest BCUT2D eigenvalue weighted by Gasteiger charge is 2.49. The molecule has 3 atom stereocenters. The molecule has 1 aromatic rings. The molecule has 1 aromatic carbocycles. The molecule has 3 heterocycles. The molecule has 0 aromatic heterocycles. The minimum Gasteiger partial charge on any atom is -0.342 e. The first-order valence-electron chi connectivity index (χ1n) is 9.02. The maximum Gasteiger partial charge on any atom is 0.251 e. The van der Waals surface area contributed by atoms with E-state index in [0.717, 1.165) is 25.8 Å². The van der Waals surface area contributed by atoms with Gasteiger partial charge in [0, 0.05) is 38.0 Å². The number of hydrogen-bond acceptors (Lipinski definition) is 2. The summed E-state index contributed by atoms with van der Waals surface area (Å²) in [6.07, 6.45) is 2.60. The quantitative estimate of drug-likeness (QED) is 0.827. The average Bonchev–Trinajstić information content (AvgIpc) is 3.17. The number of carbonyl (C=O) groups excluding carboxylic acids is 1. The predicted octanol–water partition coefficient (Wildman–Crippen LogP) is 3.47. The van der Waals surface area contributed by atoms with Crippen molar-refractivity contribution in [2.24, 2.45) is 5.92 Å². The van der Waals surface area contributed by atoms with Gasteiger partial charge in [0.2, 0.25) is 5.91 Å². The third kappa shape index (κ3) is 2.83. The van der Waals surface area contributed by atoms with Gasteiger partial charge in [-0.2, -0.15) is 0 Å². The fourth-order valence-corrected chi connectivity index (χ4v) is 4.72. The van der Waals surface area contributed by atoms with Crippen LogP contribution in [0.5, 0.6) is 0 Å². The Morgan fingerprint density at radius 2 is 1.79 bits per heavy atom. The van der Waals surface area contributed by atoms with Gasteiger partial charge in [-0.3, -0.25) is 9.69 Å². The fraction of sp³-hybridized carbons (Fsp3) is 0.632. The summed E-state index contributed by atoms with van der Waals surface area (Å²) >= 11 is 0. The second-order valence-electron chi connectivity index (χ2n) is 7.40. The van der Waals surface area contributed by atoms with E-state index in [2.05, 4.69) is 17.0 Å². The Balaban J connectivity index is 1.50. The lowest BCUT2D eigenvalue weighted by Crippen LogP contribution is -2.47. The third-order valence-corrected chi connectivity index (χ3v) is 5.99. The molecule has 0 spiro atoms. The van der Waals surface area contributed by atoms with E-state index < -0.39 is 5.92 Å². The van der Waals surface area contributed by atoms with E-state index in [9.17, 15) is 13.6 Å². The molecule has 0 radical (unpaired) electrons. The summed E-state index contributed by atoms with van der Waals surface area (Å²) in [7, 11) is 0. The van der Waals surface area contributed by atoms with Crippen molar-refractivity contribution in [3.05, 3.63) is 35.9 Å². The number of hydrogen-bond donors (Lipinski definition) is 0. The number of piperidine rings is 1. The van der Waals surface area contributed by atoms with Gasteiger partial charge in [0.1, 0.15) is 0 Å². The second-order valence-corrected chi connectivity index (χ2v) is 7.40. The zero-order valence-electron chi connectivity index (χ0n) is 13.8. The van der Waals surface area contributed by atoms with Gasteiger partial charge in [0.25, 0.3) is 5.92 Å². The van der Waals surface area contributed by atoms with E-state index in [1.165, 1.54) is 5.56 Å². The molecule has 1 amide bonds. The van der Waals surface area contributed by atoms with Crippen LogP contribution in [0.4, 0.5) is 8.78 Å². The first kappa shape index (κ1) is 16.0. The van der Waals surface area contributed by atoms with Gasteiger partial charge in [-0.25, -0.2) is 8.78 Å². The Morgan fingerprint density at radius 3 is 2.50 bits per heavy atom. The van der Waals surface area contributed by atoms with Crippen molar-refractivity contribution in [1.29, 1.82) is 0 Å². The van der Waals surface area contributed by atoms with Crippen molar-refractivity contribution >= 4 is 5.91 Å². The summed E-state index contributed by atoms with van der Waals surface area (Å²) < 4.78 is 26.7. The number of alkyl halides is 2. The maximum atomic E-state index is 13.4. The molecule has 0 aliphatic carbocycles. The first-order chi connectivity index (χ1) is 11.6. The molecule has 0 saturated carbocycles. The van der Waals surface area contributed by atoms with E-state index in [1.54, 1.807) is 4.90 Å². The number of benzene rings is 1. The highest BCUT2D eigenvalue weighted by molar-refractivity contribution is 5.80. The summed E-state index contributed by atoms with van der Waals surface area (Å²) in [4.78, 5) is 17.1. The summed E-state index contributed by atoms with van der Waals surface area (Å²) in [6.45, 7) is 1.43. The lowest BCUT2D eigenvalue weighted by atomic mass is 9.92. The maximum absolute atomic E-state index is 13.4. The molecule has 0 N–H and O–H groups in total. The fourth-order valence-electron chi connectivity index (χ4n) is 4.72. The van der Waals surface area contributed by atoms with Crippen LogP contribution >= 0.6 is 0 Å². The van der Waals surface area contributed by atoms with Crippen LogP contribution in [-0.2, 0) is 4.79 Å². The largest absolute Gasteiger partial charge is 0.342 e. The molecule has 24 heavy (non-hydrogen) atoms. The van der Waals surface area contributed by atoms with Gasteiger partial charge >= 0.3 is 0 Å². The molecule has 3 nitrogen and oxygen atoms in total. The lowest BCUT2D eigenvalue weighted by molar-refractivity contribution is -0.142. The molecule has 3 saturated heterocycles. The third-order valence-electron chi connectivity index (χ3n) is 5.99. The summed E-state index contributed by atoms with van der Waals surface area (Å²) in [5.41, 5.74) is 1.27. The second kappa shape index (κ2) is 6.10. The van der Waals surface area contributed by atoms with Crippen LogP contribution in [0.1, 0.15) is 43.7 Å². The van der Waals surface area contributed by atoms with Crippen LogP contribution < -0.4 is 0 Å². The molecule has 3 fully saturated rings. The number of halogens is 2. The van der Waals surface area contributed by atoms with Gasteiger partial charge in [0.15, 0.2) is 0 Å². The van der Waals surface area contributed by atoms with E-state index in [4.69, 9.17) is 0 Å². The summed E-state index contributed by atoms with van der Waals surface area (Å²) in [5.74, 6) is -2.54. The van der Waals surface area contributed by atoms with Crippen LogP contribution in [0.3, 0.4) is 0 Å². The van der Waals surface area contributed by atoms with E-state index in [0.29, 0.717) is 6.04 Å². The molecule has 3 aliphatic heterocycles. The minimum absolute atomic E-state index is 0.0376. The summed E-state index contributed by atoms with van der Waals surface area (Å²) in [6, 6.07) is 10.9. The van der Waals surface area contributed by atoms with Crippen LogP contribution in [0.25, 0.3) is 0 Å². The normalized spacial score (nSPS) is 32.8. The smallest absolute Gasteiger partial charge is 0.251 e. The molecule has 3 aliphatic rings. The van der Waals surface area contributed by atoms with Crippen LogP contribution in [-0.4, -0.2) is 47.3 Å². The van der Waals surface area contributed by atoms with Crippen LogP contribution in [0.2, 0.25) is 0 Å². The van der Waals surface area contributed by atoms with Crippen molar-refractivity contribution < 1.29 is 13.6 Å². The monoisotopic (exact) mass is 334 g/mol. The number of fused-ring (bicyclic) bond motifs is 1. The molecule has 5 heteroatoms. The van der Waals surface area contributed by atoms with Gasteiger partial charge in [-0.1, -0.05) is 30.3 Å². The van der Waals surface area contributed by atoms with E-state index in [1.807, 2.05) is 18.2 Å². The standard InChI is InChI=1S/C19H24F2N2O/c20-19(21)8-11-22(12-9-19)18(24)15-13-17(14-5-2-1-3-6-14)23-10-4-7-16(15)23/h1-3,5-6,15-17H,4,7-13H2/t15-,16+,17-/m1/s1. The topological polar surface area (TPSA) is 23.6 Å². The summed E-state index contributed by atoms with van der Waals surface area (Å²) in [5, 5.41) is 0. The molecule has 130 valence electrons. The van der Waals surface area contributed by atoms with E-state index in [-0.39, 0.29) is 43.8 Å². The van der Waals surface area contributed by atoms with Crippen LogP contribution in [0, 0.1) is 5.92 Å². The number of amides is 1. The Morgan fingerprint density at radius 1 is 1.08 bits per heavy atom. The Hall–Kier alpha value is -1.49. The molecule has 0 bridgehead atoms. The van der Waals surface area contributed by atoms with E-state index >= 15 is 0 Å². The van der Waals surface area contributed by atoms with Crippen molar-refractivity contribution in [2.75, 3.05) is 19.6 Å². The Labute approximate surface area is 141 Å². The van der Waals surface area contributed by atoms with Crippen molar-refractivity contribution in [3.63, 3.8) is 0 Å². The number of likely N-dealkylation sites (tertiary alicyclic amines) is 1. The highest BCUT2D eigenvalue weighted by Crippen LogP contribution is 2.45. The van der Waals surface area contributed by atoms with Crippen molar-refractivity contribution in [3.8, 4) is 0 Å². The van der Waals surface area contributed by atoms with Gasteiger partial charge in [-0.15, -0.1) is 0 Å². The van der Waals surface area contributed by atoms with Crippen molar-refractivity contribution in [2.45, 2.75) is 50.1 Å². The predicted molar refractivity (Wildman–Crippen MR) is 87.8 cm³/mol. The van der Waals surface area contributed by atoms with Gasteiger partial charge in [0.05, 0.1) is 5.92 Å². The zero-order chi connectivity index (χ0) is 16.7. The van der Waals surface area contributed by atoms with Gasteiger partial charge < -0.3 is 4.90 Å². The molecule has 0 unspecified atom stereocenters. The Bertz CT molecular complexity index is 597. The highest BCUT2D eigenvalue weighted by atomic mass is 19.3. The number of rotatable bonds is 2. The molecule has 4 rings (SSSR count). The van der Waals surface area contributed by atoms with Crippen LogP contribution in [0.15, 0.2) is 30.3 Å². The Kier molecular flexibility index (Phi) is 4.07. The number of carbonyl (C=O) groups is 1. The SMILES string of the molecule is O=C([C@@H]1C[C@H](c2ccccc2)N2CCC[C@@H]12)N1CCC(F)(F)CC1. The van der Waals surface area contributed by atoms with Gasteiger partial charge in [-0.05, 0) is 31.4 Å². The number of nitrogens with zero attached hydrogens (tertiary/aromatic N) is 2. The molecular formula is C19H24F2N2O. The minimum atomic E-state index is -2.60. The van der Waals surface area contributed by atoms with Crippen molar-refractivity contribution in [1.82, 2.24) is 9.80 Å². The zero-order valence-corrected chi connectivity index (χ0v) is 13.8.